The molecular weight excluding hydrogens is 1130 g/mol. The van der Waals surface area contributed by atoms with Crippen molar-refractivity contribution in [2.75, 3.05) is 39.6 Å². The van der Waals surface area contributed by atoms with Gasteiger partial charge in [-0.3, -0.25) is 37.3 Å². The first-order valence-electron chi connectivity index (χ1n) is 34.4. The van der Waals surface area contributed by atoms with E-state index in [9.17, 15) is 43.2 Å². The average Bonchev–Trinajstić information content (AvgIpc) is 3.49. The van der Waals surface area contributed by atoms with E-state index in [1.807, 2.05) is 0 Å². The first-order valence-corrected chi connectivity index (χ1v) is 37.4. The lowest BCUT2D eigenvalue weighted by Gasteiger charge is -2.21. The molecule has 3 N–H and O–H groups in total. The molecule has 6 atom stereocenters. The van der Waals surface area contributed by atoms with E-state index in [-0.39, 0.29) is 25.7 Å². The van der Waals surface area contributed by atoms with Gasteiger partial charge < -0.3 is 33.8 Å². The van der Waals surface area contributed by atoms with Crippen LogP contribution < -0.4 is 0 Å². The van der Waals surface area contributed by atoms with Gasteiger partial charge in [-0.05, 0) is 43.4 Å². The molecule has 504 valence electrons. The zero-order valence-electron chi connectivity index (χ0n) is 55.1. The summed E-state index contributed by atoms with van der Waals surface area (Å²) in [5.74, 6) is 0.117. The van der Waals surface area contributed by atoms with E-state index < -0.39 is 97.5 Å². The van der Waals surface area contributed by atoms with Crippen LogP contribution >= 0.6 is 15.6 Å². The molecule has 0 saturated carbocycles. The molecule has 19 heteroatoms. The van der Waals surface area contributed by atoms with Gasteiger partial charge >= 0.3 is 39.5 Å². The molecular formula is C66H128O17P2. The third-order valence-corrected chi connectivity index (χ3v) is 17.4. The summed E-state index contributed by atoms with van der Waals surface area (Å²) in [6, 6.07) is 0. The van der Waals surface area contributed by atoms with E-state index in [4.69, 9.17) is 37.0 Å². The van der Waals surface area contributed by atoms with Crippen molar-refractivity contribution in [3.05, 3.63) is 0 Å². The fourth-order valence-corrected chi connectivity index (χ4v) is 11.4. The zero-order chi connectivity index (χ0) is 63.1. The molecule has 0 rings (SSSR count). The minimum absolute atomic E-state index is 0.102. The molecule has 3 unspecified atom stereocenters. The van der Waals surface area contributed by atoms with Crippen molar-refractivity contribution in [1.82, 2.24) is 0 Å². The summed E-state index contributed by atoms with van der Waals surface area (Å²) >= 11 is 0. The van der Waals surface area contributed by atoms with Gasteiger partial charge in [-0.1, -0.05) is 273 Å². The van der Waals surface area contributed by atoms with Gasteiger partial charge in [0.2, 0.25) is 0 Å². The van der Waals surface area contributed by atoms with Crippen LogP contribution in [0.4, 0.5) is 0 Å². The van der Waals surface area contributed by atoms with Gasteiger partial charge in [-0.25, -0.2) is 9.13 Å². The van der Waals surface area contributed by atoms with Crippen LogP contribution in [0.25, 0.3) is 0 Å². The summed E-state index contributed by atoms with van der Waals surface area (Å²) in [6.07, 6.45) is 39.1. The number of unbranched alkanes of at least 4 members (excludes halogenated alkanes) is 31. The van der Waals surface area contributed by atoms with Gasteiger partial charge in [0.25, 0.3) is 0 Å². The molecule has 17 nitrogen and oxygen atoms in total. The Bertz CT molecular complexity index is 1680. The first-order chi connectivity index (χ1) is 40.8. The van der Waals surface area contributed by atoms with Crippen molar-refractivity contribution in [2.24, 2.45) is 17.8 Å². The topological polar surface area (TPSA) is 237 Å². The van der Waals surface area contributed by atoms with Gasteiger partial charge in [0.1, 0.15) is 19.3 Å². The van der Waals surface area contributed by atoms with Crippen molar-refractivity contribution in [1.29, 1.82) is 0 Å². The first kappa shape index (κ1) is 83.1. The Hall–Kier alpha value is -1.94. The smallest absolute Gasteiger partial charge is 0.462 e. The van der Waals surface area contributed by atoms with Crippen molar-refractivity contribution >= 4 is 39.5 Å². The largest absolute Gasteiger partial charge is 0.472 e. The number of hydrogen-bond donors (Lipinski definition) is 3. The number of phosphoric ester groups is 2. The highest BCUT2D eigenvalue weighted by Crippen LogP contribution is 2.45. The fraction of sp³-hybridized carbons (Fsp3) is 0.939. The number of carbonyl (C=O) groups excluding carboxylic acids is 4. The predicted octanol–water partition coefficient (Wildman–Crippen LogP) is 18.3. The van der Waals surface area contributed by atoms with E-state index in [1.165, 1.54) is 122 Å². The molecule has 0 aliphatic heterocycles. The van der Waals surface area contributed by atoms with E-state index in [0.29, 0.717) is 25.7 Å². The van der Waals surface area contributed by atoms with Crippen LogP contribution in [-0.4, -0.2) is 96.7 Å². The SMILES string of the molecule is CCCCCCCCCC(=O)OC[C@H](COP(=O)(O)OC[C@H](O)COP(=O)(O)OC[C@@H](COC(=O)CCCCCCCCCCCCC(C)C)OC(=O)CCCCCCCCCCCCCCC(C)C)OC(=O)CCCCCCCCC(C)CC. The standard InChI is InChI=1S/C66H128O17P2/c1-8-10-11-12-23-33-40-47-63(68)76-53-62(83-66(71)50-43-36-29-28-32-39-46-59(7)9-2)56-81-85(74,75)79-52-60(67)51-78-84(72,73)80-55-61(54-77-64(69)48-41-34-26-21-18-17-20-25-31-38-45-58(5)6)82-65(70)49-42-35-27-22-16-14-13-15-19-24-30-37-44-57(3)4/h57-62,67H,8-56H2,1-7H3,(H,72,73)(H,74,75)/t59?,60-,61-,62-/m1/s1. The van der Waals surface area contributed by atoms with Gasteiger partial charge in [-0.2, -0.15) is 0 Å². The Labute approximate surface area is 517 Å². The molecule has 0 aliphatic rings. The average molecular weight is 1260 g/mol. The summed E-state index contributed by atoms with van der Waals surface area (Å²) in [6.45, 7) is 11.7. The lowest BCUT2D eigenvalue weighted by Crippen LogP contribution is -2.30. The minimum atomic E-state index is -4.95. The summed E-state index contributed by atoms with van der Waals surface area (Å²) < 4.78 is 68.0. The Morgan fingerprint density at radius 2 is 0.600 bits per heavy atom. The minimum Gasteiger partial charge on any atom is -0.462 e. The van der Waals surface area contributed by atoms with Crippen molar-refractivity contribution in [3.8, 4) is 0 Å². The summed E-state index contributed by atoms with van der Waals surface area (Å²) in [7, 11) is -9.89. The molecule has 0 saturated heterocycles. The molecule has 0 aromatic rings. The molecule has 0 heterocycles. The second kappa shape index (κ2) is 57.2. The van der Waals surface area contributed by atoms with Crippen LogP contribution in [0.1, 0.15) is 325 Å². The molecule has 0 radical (unpaired) electrons. The van der Waals surface area contributed by atoms with E-state index >= 15 is 0 Å². The highest BCUT2D eigenvalue weighted by atomic mass is 31.2. The molecule has 0 bridgehead atoms. The number of aliphatic hydroxyl groups is 1. The van der Waals surface area contributed by atoms with E-state index in [0.717, 1.165) is 120 Å². The van der Waals surface area contributed by atoms with Crippen molar-refractivity contribution in [3.63, 3.8) is 0 Å². The van der Waals surface area contributed by atoms with Crippen LogP contribution in [0.15, 0.2) is 0 Å². The van der Waals surface area contributed by atoms with Crippen LogP contribution in [0.3, 0.4) is 0 Å². The van der Waals surface area contributed by atoms with E-state index in [2.05, 4.69) is 48.5 Å². The number of ether oxygens (including phenoxy) is 4. The lowest BCUT2D eigenvalue weighted by atomic mass is 10.00. The number of hydrogen-bond acceptors (Lipinski definition) is 15. The van der Waals surface area contributed by atoms with Gasteiger partial charge in [0.15, 0.2) is 12.2 Å². The number of esters is 4. The summed E-state index contributed by atoms with van der Waals surface area (Å²) in [5, 5.41) is 10.5. The zero-order valence-corrected chi connectivity index (χ0v) is 56.9. The molecule has 0 fully saturated rings. The summed E-state index contributed by atoms with van der Waals surface area (Å²) in [5.41, 5.74) is 0. The van der Waals surface area contributed by atoms with Crippen LogP contribution in [0, 0.1) is 17.8 Å². The number of rotatable bonds is 64. The molecule has 85 heavy (non-hydrogen) atoms. The van der Waals surface area contributed by atoms with Crippen molar-refractivity contribution in [2.45, 2.75) is 343 Å². The van der Waals surface area contributed by atoms with Crippen LogP contribution in [0.2, 0.25) is 0 Å². The molecule has 0 spiro atoms. The normalized spacial score (nSPS) is 14.6. The monoisotopic (exact) mass is 1250 g/mol. The molecule has 0 aromatic heterocycles. The number of phosphoric acid groups is 2. The Morgan fingerprint density at radius 1 is 0.341 bits per heavy atom. The quantitative estimate of drug-likeness (QED) is 0.0222. The number of aliphatic hydroxyl groups excluding tert-OH is 1. The van der Waals surface area contributed by atoms with Crippen LogP contribution in [-0.2, 0) is 65.4 Å². The maximum absolute atomic E-state index is 13.0. The molecule has 0 amide bonds. The van der Waals surface area contributed by atoms with Gasteiger partial charge in [0.05, 0.1) is 26.4 Å². The van der Waals surface area contributed by atoms with Gasteiger partial charge in [0, 0.05) is 25.7 Å². The predicted molar refractivity (Wildman–Crippen MR) is 340 cm³/mol. The van der Waals surface area contributed by atoms with E-state index in [1.54, 1.807) is 0 Å². The number of carbonyl (C=O) groups is 4. The maximum Gasteiger partial charge on any atom is 0.472 e. The van der Waals surface area contributed by atoms with Gasteiger partial charge in [-0.15, -0.1) is 0 Å². The Balaban J connectivity index is 5.22. The third-order valence-electron chi connectivity index (χ3n) is 15.5. The van der Waals surface area contributed by atoms with Crippen LogP contribution in [0.5, 0.6) is 0 Å². The fourth-order valence-electron chi connectivity index (χ4n) is 9.80. The molecule has 0 aromatic carbocycles. The third kappa shape index (κ3) is 59.5. The second-order valence-electron chi connectivity index (χ2n) is 25.1. The summed E-state index contributed by atoms with van der Waals surface area (Å²) in [4.78, 5) is 72.2. The maximum atomic E-state index is 13.0. The highest BCUT2D eigenvalue weighted by Gasteiger charge is 2.30. The van der Waals surface area contributed by atoms with Crippen molar-refractivity contribution < 1.29 is 80.2 Å². The Morgan fingerprint density at radius 3 is 0.894 bits per heavy atom. The molecule has 0 aliphatic carbocycles. The highest BCUT2D eigenvalue weighted by molar-refractivity contribution is 7.47. The Kier molecular flexibility index (Phi) is 55.9. The lowest BCUT2D eigenvalue weighted by molar-refractivity contribution is -0.161. The second-order valence-corrected chi connectivity index (χ2v) is 28.0.